The van der Waals surface area contributed by atoms with E-state index in [1.54, 1.807) is 0 Å². The lowest BCUT2D eigenvalue weighted by Crippen LogP contribution is -2.54. The van der Waals surface area contributed by atoms with Crippen LogP contribution < -0.4 is 5.32 Å². The van der Waals surface area contributed by atoms with Crippen molar-refractivity contribution < 1.29 is 4.79 Å². The number of nitrogens with one attached hydrogen (secondary N) is 1. The van der Waals surface area contributed by atoms with Crippen LogP contribution in [0.5, 0.6) is 0 Å². The minimum atomic E-state index is 0.181. The lowest BCUT2D eigenvalue weighted by atomic mass is 9.88. The molecule has 0 spiro atoms. The normalized spacial score (nSPS) is 22.6. The van der Waals surface area contributed by atoms with E-state index in [0.29, 0.717) is 11.8 Å². The highest BCUT2D eigenvalue weighted by Crippen LogP contribution is 2.20. The van der Waals surface area contributed by atoms with Gasteiger partial charge in [0, 0.05) is 43.5 Å². The maximum absolute atomic E-state index is 12.4. The van der Waals surface area contributed by atoms with Crippen LogP contribution >= 0.6 is 11.3 Å². The van der Waals surface area contributed by atoms with Crippen LogP contribution in [0.2, 0.25) is 0 Å². The Kier molecular flexibility index (Phi) is 4.38. The zero-order chi connectivity index (χ0) is 13.9. The molecule has 1 atom stereocenters. The van der Waals surface area contributed by atoms with Gasteiger partial charge in [0.1, 0.15) is 0 Å². The Morgan fingerprint density at radius 2 is 2.15 bits per heavy atom. The van der Waals surface area contributed by atoms with Gasteiger partial charge < -0.3 is 10.2 Å². The van der Waals surface area contributed by atoms with Crippen molar-refractivity contribution in [3.63, 3.8) is 0 Å². The standard InChI is InChI=1S/C15H23N3OS/c1-12(13-9-16-10-13)15(19)18-6-4-17(5-7-18)11-14-3-2-8-20-14/h2-3,8,12-13,16H,4-7,9-11H2,1H3. The molecule has 0 saturated carbocycles. The van der Waals surface area contributed by atoms with E-state index in [1.165, 1.54) is 4.88 Å². The molecule has 4 nitrogen and oxygen atoms in total. The van der Waals surface area contributed by atoms with E-state index >= 15 is 0 Å². The van der Waals surface area contributed by atoms with Crippen molar-refractivity contribution in [2.24, 2.45) is 11.8 Å². The third-order valence-electron chi connectivity index (χ3n) is 4.55. The van der Waals surface area contributed by atoms with Gasteiger partial charge >= 0.3 is 0 Å². The van der Waals surface area contributed by atoms with Crippen molar-refractivity contribution in [3.05, 3.63) is 22.4 Å². The summed E-state index contributed by atoms with van der Waals surface area (Å²) in [5.41, 5.74) is 0. The van der Waals surface area contributed by atoms with Crippen LogP contribution in [0.4, 0.5) is 0 Å². The van der Waals surface area contributed by atoms with Gasteiger partial charge in [0.05, 0.1) is 0 Å². The van der Waals surface area contributed by atoms with E-state index in [2.05, 4.69) is 39.6 Å². The summed E-state index contributed by atoms with van der Waals surface area (Å²) >= 11 is 1.81. The summed E-state index contributed by atoms with van der Waals surface area (Å²) in [6.07, 6.45) is 0. The fourth-order valence-corrected chi connectivity index (χ4v) is 3.65. The third kappa shape index (κ3) is 3.05. The van der Waals surface area contributed by atoms with Crippen LogP contribution in [0, 0.1) is 11.8 Å². The van der Waals surface area contributed by atoms with Gasteiger partial charge in [-0.1, -0.05) is 13.0 Å². The van der Waals surface area contributed by atoms with E-state index in [0.717, 1.165) is 45.8 Å². The second-order valence-electron chi connectivity index (χ2n) is 5.89. The van der Waals surface area contributed by atoms with Gasteiger partial charge in [-0.3, -0.25) is 9.69 Å². The molecule has 3 heterocycles. The number of rotatable bonds is 4. The Hall–Kier alpha value is -0.910. The summed E-state index contributed by atoms with van der Waals surface area (Å²) in [6, 6.07) is 4.29. The van der Waals surface area contributed by atoms with Crippen molar-refractivity contribution in [1.82, 2.24) is 15.1 Å². The topological polar surface area (TPSA) is 35.6 Å². The predicted molar refractivity (Wildman–Crippen MR) is 81.7 cm³/mol. The van der Waals surface area contributed by atoms with Crippen molar-refractivity contribution >= 4 is 17.2 Å². The molecule has 3 rings (SSSR count). The van der Waals surface area contributed by atoms with Gasteiger partial charge in [0.25, 0.3) is 0 Å². The number of nitrogens with zero attached hydrogens (tertiary/aromatic N) is 2. The van der Waals surface area contributed by atoms with Gasteiger partial charge in [-0.2, -0.15) is 0 Å². The molecule has 1 N–H and O–H groups in total. The zero-order valence-corrected chi connectivity index (χ0v) is 12.9. The molecule has 110 valence electrons. The molecule has 2 fully saturated rings. The average Bonchev–Trinajstić information content (AvgIpc) is 2.89. The van der Waals surface area contributed by atoms with Crippen molar-refractivity contribution in [3.8, 4) is 0 Å². The fraction of sp³-hybridized carbons (Fsp3) is 0.667. The van der Waals surface area contributed by atoms with E-state index in [1.807, 2.05) is 11.3 Å². The van der Waals surface area contributed by atoms with Crippen LogP contribution in [0.15, 0.2) is 17.5 Å². The SMILES string of the molecule is CC(C(=O)N1CCN(Cc2cccs2)CC1)C1CNC1. The number of amides is 1. The first-order chi connectivity index (χ1) is 9.74. The molecule has 0 radical (unpaired) electrons. The summed E-state index contributed by atoms with van der Waals surface area (Å²) in [4.78, 5) is 18.4. The molecule has 0 aliphatic carbocycles. The lowest BCUT2D eigenvalue weighted by molar-refractivity contribution is -0.139. The molecule has 0 aromatic carbocycles. The summed E-state index contributed by atoms with van der Waals surface area (Å²) in [6.45, 7) is 8.89. The molecule has 1 aromatic heterocycles. The van der Waals surface area contributed by atoms with Crippen molar-refractivity contribution in [2.45, 2.75) is 13.5 Å². The quantitative estimate of drug-likeness (QED) is 0.907. The summed E-state index contributed by atoms with van der Waals surface area (Å²) in [7, 11) is 0. The molecule has 2 saturated heterocycles. The number of piperazine rings is 1. The molecule has 1 unspecified atom stereocenters. The van der Waals surface area contributed by atoms with E-state index in [-0.39, 0.29) is 5.92 Å². The van der Waals surface area contributed by atoms with Crippen molar-refractivity contribution in [2.75, 3.05) is 39.3 Å². The number of carbonyl (C=O) groups is 1. The molecule has 5 heteroatoms. The summed E-state index contributed by atoms with van der Waals surface area (Å²) < 4.78 is 0. The molecule has 2 aliphatic rings. The first-order valence-corrected chi connectivity index (χ1v) is 8.36. The lowest BCUT2D eigenvalue weighted by Gasteiger charge is -2.39. The molecule has 1 aromatic rings. The highest BCUT2D eigenvalue weighted by Gasteiger charge is 2.32. The highest BCUT2D eigenvalue weighted by molar-refractivity contribution is 7.09. The van der Waals surface area contributed by atoms with E-state index in [9.17, 15) is 4.79 Å². The van der Waals surface area contributed by atoms with Gasteiger partial charge in [-0.15, -0.1) is 11.3 Å². The summed E-state index contributed by atoms with van der Waals surface area (Å²) in [5, 5.41) is 5.38. The Bertz CT molecular complexity index is 436. The zero-order valence-electron chi connectivity index (χ0n) is 12.0. The Morgan fingerprint density at radius 3 is 2.70 bits per heavy atom. The van der Waals surface area contributed by atoms with Gasteiger partial charge in [-0.25, -0.2) is 0 Å². The minimum absolute atomic E-state index is 0.181. The number of hydrogen-bond donors (Lipinski definition) is 1. The Balaban J connectivity index is 1.46. The molecule has 2 aliphatic heterocycles. The minimum Gasteiger partial charge on any atom is -0.340 e. The Labute approximate surface area is 124 Å². The highest BCUT2D eigenvalue weighted by atomic mass is 32.1. The second-order valence-corrected chi connectivity index (χ2v) is 6.92. The number of thiophene rings is 1. The number of carbonyl (C=O) groups excluding carboxylic acids is 1. The number of hydrogen-bond acceptors (Lipinski definition) is 4. The third-order valence-corrected chi connectivity index (χ3v) is 5.41. The van der Waals surface area contributed by atoms with Crippen LogP contribution in [0.1, 0.15) is 11.8 Å². The van der Waals surface area contributed by atoms with Gasteiger partial charge in [-0.05, 0) is 30.5 Å². The largest absolute Gasteiger partial charge is 0.340 e. The maximum atomic E-state index is 12.4. The summed E-state index contributed by atoms with van der Waals surface area (Å²) in [5.74, 6) is 1.08. The first-order valence-electron chi connectivity index (χ1n) is 7.48. The van der Waals surface area contributed by atoms with Gasteiger partial charge in [0.2, 0.25) is 5.91 Å². The second kappa shape index (κ2) is 6.24. The first kappa shape index (κ1) is 14.0. The smallest absolute Gasteiger partial charge is 0.225 e. The Morgan fingerprint density at radius 1 is 1.40 bits per heavy atom. The van der Waals surface area contributed by atoms with E-state index < -0.39 is 0 Å². The van der Waals surface area contributed by atoms with Gasteiger partial charge in [0.15, 0.2) is 0 Å². The van der Waals surface area contributed by atoms with Crippen LogP contribution in [-0.2, 0) is 11.3 Å². The molecule has 0 bridgehead atoms. The molecular weight excluding hydrogens is 270 g/mol. The maximum Gasteiger partial charge on any atom is 0.225 e. The van der Waals surface area contributed by atoms with Crippen LogP contribution in [0.3, 0.4) is 0 Å². The molecule has 20 heavy (non-hydrogen) atoms. The van der Waals surface area contributed by atoms with Crippen LogP contribution in [0.25, 0.3) is 0 Å². The predicted octanol–water partition coefficient (Wildman–Crippen LogP) is 1.25. The van der Waals surface area contributed by atoms with Crippen LogP contribution in [-0.4, -0.2) is 55.0 Å². The molecular formula is C15H23N3OS. The monoisotopic (exact) mass is 293 g/mol. The van der Waals surface area contributed by atoms with Crippen molar-refractivity contribution in [1.29, 1.82) is 0 Å². The van der Waals surface area contributed by atoms with E-state index in [4.69, 9.17) is 0 Å². The average molecular weight is 293 g/mol. The molecule has 1 amide bonds. The fourth-order valence-electron chi connectivity index (χ4n) is 2.90.